The van der Waals surface area contributed by atoms with E-state index in [1.165, 1.54) is 24.3 Å². The van der Waals surface area contributed by atoms with Crippen LogP contribution >= 0.6 is 11.6 Å². The third-order valence-corrected chi connectivity index (χ3v) is 3.10. The van der Waals surface area contributed by atoms with Gasteiger partial charge in [0.05, 0.1) is 4.92 Å². The van der Waals surface area contributed by atoms with Gasteiger partial charge in [-0.3, -0.25) is 10.1 Å². The SMILES string of the molecule is O=[N+]([O-])c1cccc(COc2ccc(CCl)cc2F)c1F. The van der Waals surface area contributed by atoms with Gasteiger partial charge in [-0.1, -0.05) is 18.2 Å². The van der Waals surface area contributed by atoms with Gasteiger partial charge in [-0.05, 0) is 17.7 Å². The first kappa shape index (κ1) is 15.2. The number of nitro benzene ring substituents is 1. The van der Waals surface area contributed by atoms with E-state index in [-0.39, 0.29) is 23.8 Å². The van der Waals surface area contributed by atoms with Crippen molar-refractivity contribution in [3.63, 3.8) is 0 Å². The van der Waals surface area contributed by atoms with Crippen LogP contribution in [-0.2, 0) is 12.5 Å². The molecule has 0 spiro atoms. The normalized spacial score (nSPS) is 10.4. The van der Waals surface area contributed by atoms with Gasteiger partial charge in [0, 0.05) is 17.5 Å². The van der Waals surface area contributed by atoms with E-state index in [1.807, 2.05) is 0 Å². The molecule has 0 unspecified atom stereocenters. The summed E-state index contributed by atoms with van der Waals surface area (Å²) in [6, 6.07) is 7.90. The lowest BCUT2D eigenvalue weighted by Gasteiger charge is -2.09. The molecule has 0 aromatic heterocycles. The molecular weight excluding hydrogens is 304 g/mol. The van der Waals surface area contributed by atoms with E-state index < -0.39 is 22.2 Å². The molecule has 0 aliphatic carbocycles. The highest BCUT2D eigenvalue weighted by Gasteiger charge is 2.17. The number of nitrogens with zero attached hydrogens (tertiary/aromatic N) is 1. The average molecular weight is 314 g/mol. The molecule has 2 aromatic rings. The van der Waals surface area contributed by atoms with Gasteiger partial charge in [-0.25, -0.2) is 4.39 Å². The lowest BCUT2D eigenvalue weighted by atomic mass is 10.2. The minimum atomic E-state index is -0.986. The van der Waals surface area contributed by atoms with Gasteiger partial charge >= 0.3 is 5.69 Å². The number of ether oxygens (including phenoxy) is 1. The quantitative estimate of drug-likeness (QED) is 0.472. The molecule has 0 N–H and O–H groups in total. The summed E-state index contributed by atoms with van der Waals surface area (Å²) in [6.45, 7) is -0.315. The molecule has 0 heterocycles. The van der Waals surface area contributed by atoms with Crippen molar-refractivity contribution < 1.29 is 18.4 Å². The molecule has 0 radical (unpaired) electrons. The van der Waals surface area contributed by atoms with Crippen LogP contribution in [-0.4, -0.2) is 4.92 Å². The van der Waals surface area contributed by atoms with Crippen molar-refractivity contribution in [2.24, 2.45) is 0 Å². The molecule has 0 saturated heterocycles. The third-order valence-electron chi connectivity index (χ3n) is 2.79. The lowest BCUT2D eigenvalue weighted by molar-refractivity contribution is -0.387. The maximum absolute atomic E-state index is 13.8. The van der Waals surface area contributed by atoms with Crippen LogP contribution in [0.3, 0.4) is 0 Å². The van der Waals surface area contributed by atoms with Crippen LogP contribution in [0.15, 0.2) is 36.4 Å². The summed E-state index contributed by atoms with van der Waals surface area (Å²) in [5, 5.41) is 10.6. The number of hydrogen-bond acceptors (Lipinski definition) is 3. The van der Waals surface area contributed by atoms with Gasteiger partial charge < -0.3 is 4.74 Å². The molecule has 0 aliphatic heterocycles. The lowest BCUT2D eigenvalue weighted by Crippen LogP contribution is -2.03. The predicted octanol–water partition coefficient (Wildman–Crippen LogP) is 4.19. The van der Waals surface area contributed by atoms with Crippen LogP contribution in [0.4, 0.5) is 14.5 Å². The van der Waals surface area contributed by atoms with E-state index in [1.54, 1.807) is 6.07 Å². The maximum Gasteiger partial charge on any atom is 0.305 e. The Labute approximate surface area is 124 Å². The van der Waals surface area contributed by atoms with Crippen LogP contribution in [0.2, 0.25) is 0 Å². The summed E-state index contributed by atoms with van der Waals surface area (Å²) < 4.78 is 32.6. The Bertz CT molecular complexity index is 679. The van der Waals surface area contributed by atoms with Crippen molar-refractivity contribution >= 4 is 17.3 Å². The van der Waals surface area contributed by atoms with Crippen molar-refractivity contribution in [2.75, 3.05) is 0 Å². The van der Waals surface area contributed by atoms with Crippen LogP contribution in [0.5, 0.6) is 5.75 Å². The second kappa shape index (κ2) is 6.49. The molecule has 2 aromatic carbocycles. The van der Waals surface area contributed by atoms with Gasteiger partial charge in [0.15, 0.2) is 11.6 Å². The topological polar surface area (TPSA) is 52.4 Å². The molecule has 0 bridgehead atoms. The second-order valence-corrected chi connectivity index (χ2v) is 4.46. The van der Waals surface area contributed by atoms with Crippen molar-refractivity contribution in [3.05, 3.63) is 69.3 Å². The number of alkyl halides is 1. The van der Waals surface area contributed by atoms with Gasteiger partial charge in [-0.15, -0.1) is 11.6 Å². The Morgan fingerprint density at radius 2 is 2.00 bits per heavy atom. The highest BCUT2D eigenvalue weighted by atomic mass is 35.5. The number of halogens is 3. The Hall–Kier alpha value is -2.21. The van der Waals surface area contributed by atoms with E-state index in [0.29, 0.717) is 5.56 Å². The Morgan fingerprint density at radius 3 is 2.62 bits per heavy atom. The minimum absolute atomic E-state index is 0.0231. The number of hydrogen-bond donors (Lipinski definition) is 0. The van der Waals surface area contributed by atoms with Crippen molar-refractivity contribution in [1.82, 2.24) is 0 Å². The highest BCUT2D eigenvalue weighted by molar-refractivity contribution is 6.17. The largest absolute Gasteiger partial charge is 0.486 e. The predicted molar refractivity (Wildman–Crippen MR) is 73.3 cm³/mol. The summed E-state index contributed by atoms with van der Waals surface area (Å²) in [5.74, 6) is -1.52. The van der Waals surface area contributed by atoms with Crippen LogP contribution < -0.4 is 4.74 Å². The highest BCUT2D eigenvalue weighted by Crippen LogP contribution is 2.24. The minimum Gasteiger partial charge on any atom is -0.486 e. The smallest absolute Gasteiger partial charge is 0.305 e. The summed E-state index contributed by atoms with van der Waals surface area (Å²) in [6.07, 6.45) is 0. The number of rotatable bonds is 5. The average Bonchev–Trinajstić information content (AvgIpc) is 2.46. The molecule has 0 fully saturated rings. The van der Waals surface area contributed by atoms with Crippen LogP contribution in [0, 0.1) is 21.7 Å². The Kier molecular flexibility index (Phi) is 4.70. The fraction of sp³-hybridized carbons (Fsp3) is 0.143. The van der Waals surface area contributed by atoms with Crippen molar-refractivity contribution in [3.8, 4) is 5.75 Å². The molecule has 0 atom stereocenters. The zero-order valence-corrected chi connectivity index (χ0v) is 11.4. The van der Waals surface area contributed by atoms with E-state index in [9.17, 15) is 18.9 Å². The molecule has 110 valence electrons. The third kappa shape index (κ3) is 3.46. The van der Waals surface area contributed by atoms with Crippen LogP contribution in [0.25, 0.3) is 0 Å². The van der Waals surface area contributed by atoms with Crippen molar-refractivity contribution in [1.29, 1.82) is 0 Å². The summed E-state index contributed by atoms with van der Waals surface area (Å²) >= 11 is 5.57. The van der Waals surface area contributed by atoms with E-state index >= 15 is 0 Å². The van der Waals surface area contributed by atoms with Crippen molar-refractivity contribution in [2.45, 2.75) is 12.5 Å². The molecule has 0 amide bonds. The molecule has 21 heavy (non-hydrogen) atoms. The number of nitro groups is 1. The molecular formula is C14H10ClF2NO3. The molecule has 2 rings (SSSR count). The zero-order valence-electron chi connectivity index (χ0n) is 10.7. The molecule has 0 saturated carbocycles. The first-order valence-corrected chi connectivity index (χ1v) is 6.45. The molecule has 0 aliphatic rings. The fourth-order valence-corrected chi connectivity index (χ4v) is 1.88. The molecule has 7 heteroatoms. The first-order chi connectivity index (χ1) is 10.0. The van der Waals surface area contributed by atoms with Gasteiger partial charge in [0.25, 0.3) is 0 Å². The number of benzene rings is 2. The van der Waals surface area contributed by atoms with E-state index in [0.717, 1.165) is 6.07 Å². The fourth-order valence-electron chi connectivity index (χ4n) is 1.72. The van der Waals surface area contributed by atoms with Crippen LogP contribution in [0.1, 0.15) is 11.1 Å². The van der Waals surface area contributed by atoms with E-state index in [4.69, 9.17) is 16.3 Å². The standard InChI is InChI=1S/C14H10ClF2NO3/c15-7-9-4-5-13(11(16)6-9)21-8-10-2-1-3-12(14(10)17)18(19)20/h1-6H,7-8H2. The van der Waals surface area contributed by atoms with Gasteiger partial charge in [0.1, 0.15) is 6.61 Å². The van der Waals surface area contributed by atoms with Gasteiger partial charge in [0.2, 0.25) is 5.82 Å². The Balaban J connectivity index is 2.17. The second-order valence-electron chi connectivity index (χ2n) is 4.19. The first-order valence-electron chi connectivity index (χ1n) is 5.92. The summed E-state index contributed by atoms with van der Waals surface area (Å²) in [5.41, 5.74) is -0.0814. The van der Waals surface area contributed by atoms with E-state index in [2.05, 4.69) is 0 Å². The summed E-state index contributed by atoms with van der Waals surface area (Å²) in [7, 11) is 0. The Morgan fingerprint density at radius 1 is 1.24 bits per heavy atom. The monoisotopic (exact) mass is 313 g/mol. The summed E-state index contributed by atoms with van der Waals surface area (Å²) in [4.78, 5) is 9.80. The maximum atomic E-state index is 13.8. The zero-order chi connectivity index (χ0) is 15.4. The molecule has 4 nitrogen and oxygen atoms in total. The van der Waals surface area contributed by atoms with Gasteiger partial charge in [-0.2, -0.15) is 4.39 Å².